The number of nitrogens with zero attached hydrogens (tertiary/aromatic N) is 1. The van der Waals surface area contributed by atoms with Crippen LogP contribution >= 0.6 is 27.3 Å². The van der Waals surface area contributed by atoms with E-state index in [2.05, 4.69) is 21.2 Å². The van der Waals surface area contributed by atoms with Gasteiger partial charge in [0.25, 0.3) is 5.91 Å². The van der Waals surface area contributed by atoms with Crippen LogP contribution < -0.4 is 5.32 Å². The number of carboxylic acids is 1. The molecule has 0 radical (unpaired) electrons. The summed E-state index contributed by atoms with van der Waals surface area (Å²) in [4.78, 5) is 36.8. The number of halogens is 1. The minimum absolute atomic E-state index is 0.132. The third-order valence-corrected chi connectivity index (χ3v) is 4.60. The highest BCUT2D eigenvalue weighted by Crippen LogP contribution is 2.29. The first-order valence-corrected chi connectivity index (χ1v) is 7.89. The van der Waals surface area contributed by atoms with E-state index in [4.69, 9.17) is 5.11 Å². The zero-order chi connectivity index (χ0) is 16.2. The van der Waals surface area contributed by atoms with Gasteiger partial charge in [-0.3, -0.25) is 9.59 Å². The molecule has 1 aromatic heterocycles. The third-order valence-electron chi connectivity index (χ3n) is 2.85. The van der Waals surface area contributed by atoms with Crippen molar-refractivity contribution in [1.29, 1.82) is 0 Å². The quantitative estimate of drug-likeness (QED) is 0.793. The van der Waals surface area contributed by atoms with E-state index >= 15 is 0 Å². The highest BCUT2D eigenvalue weighted by atomic mass is 79.9. The van der Waals surface area contributed by atoms with Gasteiger partial charge in [0.1, 0.15) is 6.04 Å². The molecular formula is C13H17BrN2O4S. The molecule has 0 aliphatic carbocycles. The lowest BCUT2D eigenvalue weighted by Gasteiger charge is -2.26. The Hall–Kier alpha value is -1.41. The van der Waals surface area contributed by atoms with Gasteiger partial charge in [0.15, 0.2) is 0 Å². The number of amides is 2. The van der Waals surface area contributed by atoms with Crippen LogP contribution in [0, 0.1) is 6.92 Å². The van der Waals surface area contributed by atoms with Crippen molar-refractivity contribution < 1.29 is 19.5 Å². The lowest BCUT2D eigenvalue weighted by atomic mass is 10.2. The molecule has 1 atom stereocenters. The zero-order valence-electron chi connectivity index (χ0n) is 12.0. The fourth-order valence-corrected chi connectivity index (χ4v) is 3.51. The van der Waals surface area contributed by atoms with Crippen LogP contribution in [0.5, 0.6) is 0 Å². The van der Waals surface area contributed by atoms with Crippen LogP contribution in [-0.2, 0) is 9.59 Å². The molecule has 2 N–H and O–H groups in total. The van der Waals surface area contributed by atoms with Gasteiger partial charge in [-0.15, -0.1) is 11.3 Å². The van der Waals surface area contributed by atoms with Crippen molar-refractivity contribution in [2.75, 3.05) is 13.1 Å². The van der Waals surface area contributed by atoms with Gasteiger partial charge in [0.2, 0.25) is 5.91 Å². The molecule has 1 heterocycles. The Balaban J connectivity index is 2.94. The van der Waals surface area contributed by atoms with Gasteiger partial charge in [-0.1, -0.05) is 0 Å². The summed E-state index contributed by atoms with van der Waals surface area (Å²) in [7, 11) is 0. The van der Waals surface area contributed by atoms with E-state index in [0.717, 1.165) is 4.88 Å². The highest BCUT2D eigenvalue weighted by Gasteiger charge is 2.28. The summed E-state index contributed by atoms with van der Waals surface area (Å²) in [5.74, 6) is -1.68. The summed E-state index contributed by atoms with van der Waals surface area (Å²) >= 11 is 4.73. The van der Waals surface area contributed by atoms with Crippen molar-refractivity contribution >= 4 is 45.1 Å². The molecule has 1 aromatic rings. The van der Waals surface area contributed by atoms with E-state index in [-0.39, 0.29) is 24.9 Å². The first-order valence-electron chi connectivity index (χ1n) is 6.28. The second kappa shape index (κ2) is 7.56. The number of carbonyl (C=O) groups excluding carboxylic acids is 2. The molecule has 0 fully saturated rings. The lowest BCUT2D eigenvalue weighted by molar-refractivity contribution is -0.141. The molecule has 8 heteroatoms. The van der Waals surface area contributed by atoms with Crippen LogP contribution in [0.3, 0.4) is 0 Å². The number of nitrogens with one attached hydrogen (secondary N) is 1. The molecule has 1 unspecified atom stereocenters. The molecule has 0 aliphatic rings. The van der Waals surface area contributed by atoms with Crippen molar-refractivity contribution in [1.82, 2.24) is 10.2 Å². The van der Waals surface area contributed by atoms with Crippen molar-refractivity contribution in [3.8, 4) is 0 Å². The Bertz CT molecular complexity index is 558. The van der Waals surface area contributed by atoms with E-state index in [9.17, 15) is 14.4 Å². The summed E-state index contributed by atoms with van der Waals surface area (Å²) in [5, 5.41) is 11.7. The van der Waals surface area contributed by atoms with Crippen molar-refractivity contribution in [2.24, 2.45) is 0 Å². The molecule has 6 nitrogen and oxygen atoms in total. The maximum atomic E-state index is 12.5. The van der Waals surface area contributed by atoms with E-state index in [1.807, 2.05) is 6.92 Å². The Labute approximate surface area is 135 Å². The topological polar surface area (TPSA) is 86.7 Å². The normalized spacial score (nSPS) is 11.8. The third kappa shape index (κ3) is 4.82. The lowest BCUT2D eigenvalue weighted by Crippen LogP contribution is -2.46. The summed E-state index contributed by atoms with van der Waals surface area (Å²) in [6.07, 6.45) is 0. The molecule has 0 spiro atoms. The van der Waals surface area contributed by atoms with Gasteiger partial charge in [0.05, 0.1) is 9.35 Å². The van der Waals surface area contributed by atoms with Gasteiger partial charge in [-0.2, -0.15) is 0 Å². The predicted molar refractivity (Wildman–Crippen MR) is 83.6 cm³/mol. The predicted octanol–water partition coefficient (Wildman–Crippen LogP) is 1.87. The maximum Gasteiger partial charge on any atom is 0.326 e. The van der Waals surface area contributed by atoms with E-state index in [0.29, 0.717) is 9.35 Å². The van der Waals surface area contributed by atoms with Crippen LogP contribution in [-0.4, -0.2) is 46.9 Å². The summed E-state index contributed by atoms with van der Waals surface area (Å²) in [5.41, 5.74) is 0.438. The van der Waals surface area contributed by atoms with Gasteiger partial charge in [0, 0.05) is 24.9 Å². The minimum atomic E-state index is -1.09. The van der Waals surface area contributed by atoms with Crippen molar-refractivity contribution in [2.45, 2.75) is 26.8 Å². The number of hydrogen-bond donors (Lipinski definition) is 2. The molecular weight excluding hydrogens is 360 g/mol. The number of carboxylic acid groups (broad SMARTS) is 1. The zero-order valence-corrected chi connectivity index (χ0v) is 14.4. The number of aryl methyl sites for hydroxylation is 1. The second-order valence-electron chi connectivity index (χ2n) is 4.54. The van der Waals surface area contributed by atoms with Crippen molar-refractivity contribution in [3.63, 3.8) is 0 Å². The van der Waals surface area contributed by atoms with E-state index in [1.54, 1.807) is 6.07 Å². The largest absolute Gasteiger partial charge is 0.480 e. The molecule has 0 bridgehead atoms. The van der Waals surface area contributed by atoms with Crippen LogP contribution in [0.25, 0.3) is 0 Å². The summed E-state index contributed by atoms with van der Waals surface area (Å²) < 4.78 is 0.673. The Morgan fingerprint density at radius 3 is 2.52 bits per heavy atom. The van der Waals surface area contributed by atoms with Crippen molar-refractivity contribution in [3.05, 3.63) is 20.3 Å². The first-order chi connectivity index (χ1) is 9.73. The van der Waals surface area contributed by atoms with E-state index < -0.39 is 12.0 Å². The minimum Gasteiger partial charge on any atom is -0.480 e. The Morgan fingerprint density at radius 1 is 1.48 bits per heavy atom. The SMILES string of the molecule is CC(=O)NCCN(C(=O)c1cc(C)sc1Br)C(C)C(=O)O. The maximum absolute atomic E-state index is 12.5. The van der Waals surface area contributed by atoms with Gasteiger partial charge in [-0.25, -0.2) is 4.79 Å². The van der Waals surface area contributed by atoms with Crippen LogP contribution in [0.15, 0.2) is 9.85 Å². The number of aliphatic carboxylic acids is 1. The highest BCUT2D eigenvalue weighted by molar-refractivity contribution is 9.11. The van der Waals surface area contributed by atoms with Gasteiger partial charge >= 0.3 is 5.97 Å². The van der Waals surface area contributed by atoms with E-state index in [1.165, 1.54) is 30.1 Å². The molecule has 0 aliphatic heterocycles. The Kier molecular flexibility index (Phi) is 6.35. The van der Waals surface area contributed by atoms with Gasteiger partial charge < -0.3 is 15.3 Å². The first kappa shape index (κ1) is 17.6. The molecule has 1 rings (SSSR count). The smallest absolute Gasteiger partial charge is 0.326 e. The fraction of sp³-hybridized carbons (Fsp3) is 0.462. The molecule has 0 saturated carbocycles. The molecule has 116 valence electrons. The average molecular weight is 377 g/mol. The fourth-order valence-electron chi connectivity index (χ4n) is 1.74. The molecule has 2 amide bonds. The summed E-state index contributed by atoms with van der Waals surface area (Å²) in [6, 6.07) is 0.746. The second-order valence-corrected chi connectivity index (χ2v) is 7.11. The molecule has 0 aromatic carbocycles. The van der Waals surface area contributed by atoms with Crippen LogP contribution in [0.4, 0.5) is 0 Å². The number of hydrogen-bond acceptors (Lipinski definition) is 4. The standard InChI is InChI=1S/C13H17BrN2O4S/c1-7-6-10(11(14)21-7)12(18)16(8(2)13(19)20)5-4-15-9(3)17/h6,8H,4-5H2,1-3H3,(H,15,17)(H,19,20). The summed E-state index contributed by atoms with van der Waals surface area (Å²) in [6.45, 7) is 5.02. The number of carbonyl (C=O) groups is 3. The van der Waals surface area contributed by atoms with Gasteiger partial charge in [-0.05, 0) is 35.8 Å². The Morgan fingerprint density at radius 2 is 2.10 bits per heavy atom. The van der Waals surface area contributed by atoms with Crippen LogP contribution in [0.2, 0.25) is 0 Å². The molecule has 0 saturated heterocycles. The number of rotatable bonds is 6. The monoisotopic (exact) mass is 376 g/mol. The number of thiophene rings is 1. The average Bonchev–Trinajstić information content (AvgIpc) is 2.72. The van der Waals surface area contributed by atoms with Crippen LogP contribution in [0.1, 0.15) is 29.1 Å². The molecule has 21 heavy (non-hydrogen) atoms.